The van der Waals surface area contributed by atoms with Gasteiger partial charge in [-0.15, -0.1) is 5.10 Å². The van der Waals surface area contributed by atoms with E-state index in [4.69, 9.17) is 0 Å². The molecule has 0 fully saturated rings. The standard InChI is InChI=1S/C12H24N4/c1-4-5-6-7-8-11(2)13-9-12-10-14-15-16(12)3/h10-11,13H,4-9H2,1-3H3. The predicted octanol–water partition coefficient (Wildman–Crippen LogP) is 2.26. The summed E-state index contributed by atoms with van der Waals surface area (Å²) in [7, 11) is 1.93. The summed E-state index contributed by atoms with van der Waals surface area (Å²) in [6.45, 7) is 5.35. The second-order valence-electron chi connectivity index (χ2n) is 4.48. The van der Waals surface area contributed by atoms with Crippen molar-refractivity contribution in [3.63, 3.8) is 0 Å². The molecule has 92 valence electrons. The normalized spacial score (nSPS) is 12.9. The molecule has 0 aliphatic rings. The first-order chi connectivity index (χ1) is 7.74. The third kappa shape index (κ3) is 4.75. The highest BCUT2D eigenvalue weighted by Crippen LogP contribution is 2.05. The number of aryl methyl sites for hydroxylation is 1. The molecule has 1 N–H and O–H groups in total. The minimum atomic E-state index is 0.576. The molecule has 1 heterocycles. The first-order valence-electron chi connectivity index (χ1n) is 6.31. The van der Waals surface area contributed by atoms with E-state index in [0.29, 0.717) is 6.04 Å². The largest absolute Gasteiger partial charge is 0.309 e. The maximum Gasteiger partial charge on any atom is 0.0738 e. The monoisotopic (exact) mass is 224 g/mol. The zero-order valence-corrected chi connectivity index (χ0v) is 10.7. The van der Waals surface area contributed by atoms with Crippen molar-refractivity contribution < 1.29 is 0 Å². The van der Waals surface area contributed by atoms with Crippen molar-refractivity contribution >= 4 is 0 Å². The number of unbranched alkanes of at least 4 members (excludes halogenated alkanes) is 3. The minimum absolute atomic E-state index is 0.576. The molecule has 0 aromatic carbocycles. The Balaban J connectivity index is 2.10. The first kappa shape index (κ1) is 13.2. The van der Waals surface area contributed by atoms with Crippen LogP contribution in [0.5, 0.6) is 0 Å². The molecule has 1 rings (SSSR count). The van der Waals surface area contributed by atoms with E-state index in [0.717, 1.165) is 12.2 Å². The van der Waals surface area contributed by atoms with Crippen molar-refractivity contribution in [1.82, 2.24) is 20.3 Å². The van der Waals surface area contributed by atoms with E-state index < -0.39 is 0 Å². The van der Waals surface area contributed by atoms with Crippen LogP contribution in [0.2, 0.25) is 0 Å². The maximum absolute atomic E-state index is 3.91. The number of rotatable bonds is 8. The van der Waals surface area contributed by atoms with Crippen molar-refractivity contribution in [1.29, 1.82) is 0 Å². The van der Waals surface area contributed by atoms with E-state index in [1.807, 2.05) is 17.9 Å². The molecule has 1 aromatic heterocycles. The van der Waals surface area contributed by atoms with Crippen LogP contribution in [0.3, 0.4) is 0 Å². The smallest absolute Gasteiger partial charge is 0.0738 e. The minimum Gasteiger partial charge on any atom is -0.309 e. The maximum atomic E-state index is 3.91. The Labute approximate surface area is 98.4 Å². The van der Waals surface area contributed by atoms with Crippen LogP contribution in [0, 0.1) is 0 Å². The zero-order valence-electron chi connectivity index (χ0n) is 10.7. The molecule has 0 aliphatic heterocycles. The summed E-state index contributed by atoms with van der Waals surface area (Å²) in [4.78, 5) is 0. The quantitative estimate of drug-likeness (QED) is 0.689. The molecule has 1 atom stereocenters. The van der Waals surface area contributed by atoms with Crippen LogP contribution in [-0.4, -0.2) is 21.0 Å². The van der Waals surface area contributed by atoms with Crippen LogP contribution in [0.1, 0.15) is 51.6 Å². The zero-order chi connectivity index (χ0) is 11.8. The Morgan fingerprint density at radius 1 is 1.38 bits per heavy atom. The molecule has 0 radical (unpaired) electrons. The van der Waals surface area contributed by atoms with Gasteiger partial charge in [-0.1, -0.05) is 37.8 Å². The molecular formula is C12H24N4. The topological polar surface area (TPSA) is 42.7 Å². The number of nitrogens with one attached hydrogen (secondary N) is 1. The van der Waals surface area contributed by atoms with Crippen LogP contribution in [0.25, 0.3) is 0 Å². The average molecular weight is 224 g/mol. The molecule has 1 aromatic rings. The fraction of sp³-hybridized carbons (Fsp3) is 0.833. The molecule has 4 heteroatoms. The summed E-state index contributed by atoms with van der Waals surface area (Å²) in [5.41, 5.74) is 1.14. The predicted molar refractivity (Wildman–Crippen MR) is 66.1 cm³/mol. The van der Waals surface area contributed by atoms with Crippen LogP contribution >= 0.6 is 0 Å². The summed E-state index contributed by atoms with van der Waals surface area (Å²) in [6.07, 6.45) is 8.42. The second kappa shape index (κ2) is 7.39. The fourth-order valence-corrected chi connectivity index (χ4v) is 1.73. The van der Waals surface area contributed by atoms with Gasteiger partial charge in [-0.25, -0.2) is 0 Å². The lowest BCUT2D eigenvalue weighted by Crippen LogP contribution is -2.26. The van der Waals surface area contributed by atoms with Gasteiger partial charge >= 0.3 is 0 Å². The third-order valence-corrected chi connectivity index (χ3v) is 2.93. The van der Waals surface area contributed by atoms with E-state index in [1.165, 1.54) is 32.1 Å². The van der Waals surface area contributed by atoms with Crippen LogP contribution < -0.4 is 5.32 Å². The van der Waals surface area contributed by atoms with Crippen LogP contribution in [0.15, 0.2) is 6.20 Å². The Kier molecular flexibility index (Phi) is 6.08. The molecule has 0 amide bonds. The molecular weight excluding hydrogens is 200 g/mol. The van der Waals surface area contributed by atoms with Crippen molar-refractivity contribution in [3.05, 3.63) is 11.9 Å². The van der Waals surface area contributed by atoms with Gasteiger partial charge in [0, 0.05) is 19.6 Å². The van der Waals surface area contributed by atoms with Gasteiger partial charge in [0.05, 0.1) is 11.9 Å². The molecule has 0 spiro atoms. The molecule has 1 unspecified atom stereocenters. The summed E-state index contributed by atoms with van der Waals surface area (Å²) in [5, 5.41) is 11.3. The Hall–Kier alpha value is -0.900. The van der Waals surface area contributed by atoms with Crippen molar-refractivity contribution in [2.45, 2.75) is 58.5 Å². The SMILES string of the molecule is CCCCCCC(C)NCc1cnnn1C. The molecule has 0 aliphatic carbocycles. The van der Waals surface area contributed by atoms with Gasteiger partial charge in [0.2, 0.25) is 0 Å². The summed E-state index contributed by atoms with van der Waals surface area (Å²) >= 11 is 0. The first-order valence-corrected chi connectivity index (χ1v) is 6.31. The Morgan fingerprint density at radius 2 is 2.19 bits per heavy atom. The van der Waals surface area contributed by atoms with E-state index in [2.05, 4.69) is 29.5 Å². The van der Waals surface area contributed by atoms with Gasteiger partial charge in [-0.2, -0.15) is 0 Å². The van der Waals surface area contributed by atoms with Gasteiger partial charge in [0.25, 0.3) is 0 Å². The van der Waals surface area contributed by atoms with E-state index in [-0.39, 0.29) is 0 Å². The van der Waals surface area contributed by atoms with Crippen LogP contribution in [0.4, 0.5) is 0 Å². The molecule has 0 saturated carbocycles. The van der Waals surface area contributed by atoms with Gasteiger partial charge in [0.15, 0.2) is 0 Å². The molecule has 0 bridgehead atoms. The fourth-order valence-electron chi connectivity index (χ4n) is 1.73. The van der Waals surface area contributed by atoms with Crippen molar-refractivity contribution in [3.8, 4) is 0 Å². The van der Waals surface area contributed by atoms with Crippen molar-refractivity contribution in [2.75, 3.05) is 0 Å². The van der Waals surface area contributed by atoms with Gasteiger partial charge in [-0.05, 0) is 13.3 Å². The van der Waals surface area contributed by atoms with Crippen LogP contribution in [-0.2, 0) is 13.6 Å². The number of nitrogens with zero attached hydrogens (tertiary/aromatic N) is 3. The lowest BCUT2D eigenvalue weighted by atomic mass is 10.1. The number of hydrogen-bond donors (Lipinski definition) is 1. The third-order valence-electron chi connectivity index (χ3n) is 2.93. The lowest BCUT2D eigenvalue weighted by molar-refractivity contribution is 0.473. The van der Waals surface area contributed by atoms with E-state index in [1.54, 1.807) is 0 Å². The summed E-state index contributed by atoms with van der Waals surface area (Å²) in [5.74, 6) is 0. The highest BCUT2D eigenvalue weighted by molar-refractivity contribution is 4.92. The van der Waals surface area contributed by atoms with E-state index >= 15 is 0 Å². The summed E-state index contributed by atoms with van der Waals surface area (Å²) in [6, 6.07) is 0.576. The van der Waals surface area contributed by atoms with E-state index in [9.17, 15) is 0 Å². The molecule has 4 nitrogen and oxygen atoms in total. The Bertz CT molecular complexity index is 282. The van der Waals surface area contributed by atoms with Gasteiger partial charge in [-0.3, -0.25) is 4.68 Å². The highest BCUT2D eigenvalue weighted by atomic mass is 15.4. The number of hydrogen-bond acceptors (Lipinski definition) is 3. The lowest BCUT2D eigenvalue weighted by Gasteiger charge is -2.13. The second-order valence-corrected chi connectivity index (χ2v) is 4.48. The molecule has 0 saturated heterocycles. The highest BCUT2D eigenvalue weighted by Gasteiger charge is 2.03. The Morgan fingerprint density at radius 3 is 2.81 bits per heavy atom. The van der Waals surface area contributed by atoms with Crippen molar-refractivity contribution in [2.24, 2.45) is 7.05 Å². The average Bonchev–Trinajstić information content (AvgIpc) is 2.67. The molecule has 16 heavy (non-hydrogen) atoms. The number of aromatic nitrogens is 3. The van der Waals surface area contributed by atoms with Gasteiger partial charge < -0.3 is 5.32 Å². The summed E-state index contributed by atoms with van der Waals surface area (Å²) < 4.78 is 1.82. The van der Waals surface area contributed by atoms with Gasteiger partial charge in [0.1, 0.15) is 0 Å².